The second kappa shape index (κ2) is 27.5. The van der Waals surface area contributed by atoms with Crippen LogP contribution in [0.4, 0.5) is 0 Å². The lowest BCUT2D eigenvalue weighted by molar-refractivity contribution is 1.07. The van der Waals surface area contributed by atoms with E-state index in [2.05, 4.69) is 310 Å². The minimum atomic E-state index is 0.621. The van der Waals surface area contributed by atoms with Crippen molar-refractivity contribution >= 4 is 87.2 Å². The molecule has 2 N–H and O–H groups in total. The van der Waals surface area contributed by atoms with Gasteiger partial charge >= 0.3 is 0 Å². The van der Waals surface area contributed by atoms with E-state index >= 15 is 0 Å². The maximum Gasteiger partial charge on any atom is 0.164 e. The van der Waals surface area contributed by atoms with Crippen molar-refractivity contribution in [2.24, 2.45) is 0 Å². The first kappa shape index (κ1) is 65.1. The van der Waals surface area contributed by atoms with Crippen LogP contribution in [0.25, 0.3) is 211 Å². The predicted octanol–water partition coefficient (Wildman–Crippen LogP) is 25.9. The van der Waals surface area contributed by atoms with E-state index in [9.17, 15) is 0 Å². The van der Waals surface area contributed by atoms with Crippen LogP contribution in [-0.4, -0.2) is 49.0 Å². The molecule has 0 fully saturated rings. The van der Waals surface area contributed by atoms with Crippen LogP contribution in [0.15, 0.2) is 388 Å². The van der Waals surface area contributed by atoms with Crippen molar-refractivity contribution < 1.29 is 0 Å². The van der Waals surface area contributed by atoms with Gasteiger partial charge in [-0.2, -0.15) is 0 Å². The first-order chi connectivity index (χ1) is 55.5. The fourth-order valence-corrected chi connectivity index (χ4v) is 16.3. The third kappa shape index (κ3) is 11.7. The minimum absolute atomic E-state index is 0.621. The van der Waals surface area contributed by atoms with Crippen molar-refractivity contribution in [2.45, 2.75) is 0 Å². The van der Waals surface area contributed by atoms with Crippen LogP contribution in [0.5, 0.6) is 0 Å². The fraction of sp³-hybridized carbons (Fsp3) is 0. The van der Waals surface area contributed by atoms with Crippen LogP contribution < -0.4 is 0 Å². The molecular formula is C102H66N10. The maximum absolute atomic E-state index is 5.13. The first-order valence-corrected chi connectivity index (χ1v) is 37.7. The third-order valence-corrected chi connectivity index (χ3v) is 21.6. The molecule has 0 aliphatic carbocycles. The first-order valence-electron chi connectivity index (χ1n) is 37.7. The number of aromatic amines is 2. The number of nitrogens with one attached hydrogen (secondary N) is 2. The Labute approximate surface area is 644 Å². The monoisotopic (exact) mass is 1430 g/mol. The summed E-state index contributed by atoms with van der Waals surface area (Å²) in [5.41, 5.74) is 26.2. The summed E-state index contributed by atoms with van der Waals surface area (Å²) in [6.45, 7) is 0. The highest BCUT2D eigenvalue weighted by Gasteiger charge is 2.22. The fourth-order valence-electron chi connectivity index (χ4n) is 16.3. The second-order valence-electron chi connectivity index (χ2n) is 28.3. The lowest BCUT2D eigenvalue weighted by atomic mass is 10.00. The molecule has 22 aromatic rings. The zero-order valence-corrected chi connectivity index (χ0v) is 60.5. The van der Waals surface area contributed by atoms with E-state index in [1.165, 1.54) is 70.9 Å². The van der Waals surface area contributed by atoms with E-state index < -0.39 is 0 Å². The van der Waals surface area contributed by atoms with E-state index in [4.69, 9.17) is 29.9 Å². The van der Waals surface area contributed by atoms with Gasteiger partial charge in [0.05, 0.1) is 33.1 Å². The van der Waals surface area contributed by atoms with Crippen LogP contribution in [0.2, 0.25) is 0 Å². The van der Waals surface area contributed by atoms with Crippen molar-refractivity contribution in [3.8, 4) is 124 Å². The molecule has 16 aromatic carbocycles. The van der Waals surface area contributed by atoms with Crippen molar-refractivity contribution in [2.75, 3.05) is 0 Å². The molecule has 0 atom stereocenters. The highest BCUT2D eigenvalue weighted by Crippen LogP contribution is 2.43. The van der Waals surface area contributed by atoms with Crippen LogP contribution in [0.1, 0.15) is 0 Å². The molecule has 0 aliphatic rings. The summed E-state index contributed by atoms with van der Waals surface area (Å²) in [4.78, 5) is 37.5. The average Bonchev–Trinajstić information content (AvgIpc) is 1.58. The number of fused-ring (bicyclic) bond motifs is 12. The normalized spacial score (nSPS) is 11.6. The van der Waals surface area contributed by atoms with E-state index in [1.54, 1.807) is 0 Å². The molecule has 0 aliphatic heterocycles. The zero-order valence-electron chi connectivity index (χ0n) is 60.5. The summed E-state index contributed by atoms with van der Waals surface area (Å²) in [6.07, 6.45) is 0. The molecule has 0 spiro atoms. The SMILES string of the molecule is c1ccc(-c2cccc(-c3nc(-c4ccccc4)nc(-c4cccc(-n5c6ccccc6c6cc(-c7cccc8c7[nH]c7ccccc78)ccc65)c4)n3)c2)cc1.c1ccc(-c2nc(-c3ccccc3)nc(-c3cccc(-c4cccc(-n5c6ccccc6c6cc(-c7cccc8c7[nH]c7ccccc78)ccc65)c4)c3)n2)cc1. The molecule has 0 radical (unpaired) electrons. The molecule has 112 heavy (non-hydrogen) atoms. The van der Waals surface area contributed by atoms with Crippen LogP contribution >= 0.6 is 0 Å². The molecule has 0 unspecified atom stereocenters. The van der Waals surface area contributed by atoms with Crippen LogP contribution in [0.3, 0.4) is 0 Å². The number of hydrogen-bond donors (Lipinski definition) is 2. The van der Waals surface area contributed by atoms with Gasteiger partial charge in [-0.05, 0) is 118 Å². The molecule has 0 saturated carbocycles. The summed E-state index contributed by atoms with van der Waals surface area (Å²) in [6, 6.07) is 136. The molecule has 0 saturated heterocycles. The molecular weight excluding hydrogens is 1370 g/mol. The predicted molar refractivity (Wildman–Crippen MR) is 461 cm³/mol. The van der Waals surface area contributed by atoms with E-state index in [1.807, 2.05) is 97.1 Å². The molecule has 10 heteroatoms. The molecule has 22 rings (SSSR count). The zero-order chi connectivity index (χ0) is 74.0. The van der Waals surface area contributed by atoms with Crippen molar-refractivity contribution in [1.29, 1.82) is 0 Å². The standard InChI is InChI=1S/2C51H33N5/c1-3-14-33(15-4-1)49-53-50(34-16-5-2-6-17-34)55-51(54-49)38-20-11-18-35(30-38)36-19-12-21-39(31-36)56-46-27-10-8-23-42(46)44-32-37(28-29-47(44)56)40-24-13-25-43-41-22-7-9-26-45(41)52-48(40)43;1-3-14-33(15-4-1)35-18-11-19-37(30-35)50-53-49(34-16-5-2-6-17-34)54-51(55-50)38-20-12-21-39(31-38)56-46-27-10-8-23-42(46)44-32-36(28-29-47(44)56)40-24-13-25-43-41-22-7-9-26-45(41)52-48(40)43/h2*1-32,52H. The Hall–Kier alpha value is -15.3. The topological polar surface area (TPSA) is 119 Å². The summed E-state index contributed by atoms with van der Waals surface area (Å²) >= 11 is 0. The smallest absolute Gasteiger partial charge is 0.164 e. The van der Waals surface area contributed by atoms with Gasteiger partial charge in [-0.3, -0.25) is 0 Å². The maximum atomic E-state index is 5.13. The number of H-pyrrole nitrogens is 2. The molecule has 6 aromatic heterocycles. The number of hydrogen-bond acceptors (Lipinski definition) is 6. The largest absolute Gasteiger partial charge is 0.354 e. The van der Waals surface area contributed by atoms with Gasteiger partial charge < -0.3 is 19.1 Å². The summed E-state index contributed by atoms with van der Waals surface area (Å²) in [7, 11) is 0. The highest BCUT2D eigenvalue weighted by molar-refractivity contribution is 6.16. The van der Waals surface area contributed by atoms with Crippen molar-refractivity contribution in [1.82, 2.24) is 49.0 Å². The minimum Gasteiger partial charge on any atom is -0.354 e. The Bertz CT molecular complexity index is 7320. The van der Waals surface area contributed by atoms with Gasteiger partial charge in [0.2, 0.25) is 0 Å². The van der Waals surface area contributed by atoms with Gasteiger partial charge in [0, 0.05) is 110 Å². The lowest BCUT2D eigenvalue weighted by Gasteiger charge is -2.12. The van der Waals surface area contributed by atoms with Crippen molar-refractivity contribution in [3.05, 3.63) is 388 Å². The van der Waals surface area contributed by atoms with Gasteiger partial charge in [-0.1, -0.05) is 303 Å². The van der Waals surface area contributed by atoms with E-state index in [0.717, 1.165) is 106 Å². The van der Waals surface area contributed by atoms with Gasteiger partial charge in [0.25, 0.3) is 0 Å². The third-order valence-electron chi connectivity index (χ3n) is 21.6. The molecule has 524 valence electrons. The number of para-hydroxylation sites is 6. The Morgan fingerprint density at radius 2 is 0.455 bits per heavy atom. The number of nitrogens with zero attached hydrogens (tertiary/aromatic N) is 8. The Morgan fingerprint density at radius 1 is 0.170 bits per heavy atom. The number of rotatable bonds is 12. The summed E-state index contributed by atoms with van der Waals surface area (Å²) in [5.74, 6) is 3.82. The summed E-state index contributed by atoms with van der Waals surface area (Å²) in [5, 5.41) is 9.80. The second-order valence-corrected chi connectivity index (χ2v) is 28.3. The van der Waals surface area contributed by atoms with Crippen molar-refractivity contribution in [3.63, 3.8) is 0 Å². The lowest BCUT2D eigenvalue weighted by Crippen LogP contribution is -2.01. The molecule has 10 nitrogen and oxygen atoms in total. The van der Waals surface area contributed by atoms with Crippen LogP contribution in [0, 0.1) is 0 Å². The van der Waals surface area contributed by atoms with Crippen LogP contribution in [-0.2, 0) is 0 Å². The van der Waals surface area contributed by atoms with Gasteiger partial charge in [-0.25, -0.2) is 29.9 Å². The van der Waals surface area contributed by atoms with Gasteiger partial charge in [-0.15, -0.1) is 0 Å². The molecule has 0 bridgehead atoms. The number of aromatic nitrogens is 10. The Balaban J connectivity index is 0.000000141. The molecule has 6 heterocycles. The van der Waals surface area contributed by atoms with Gasteiger partial charge in [0.15, 0.2) is 34.9 Å². The number of benzene rings is 16. The Kier molecular flexibility index (Phi) is 16.0. The molecule has 0 amide bonds. The average molecular weight is 1430 g/mol. The highest BCUT2D eigenvalue weighted by atomic mass is 15.0. The van der Waals surface area contributed by atoms with E-state index in [-0.39, 0.29) is 0 Å². The van der Waals surface area contributed by atoms with E-state index in [0.29, 0.717) is 34.9 Å². The quantitative estimate of drug-likeness (QED) is 0.126. The summed E-state index contributed by atoms with van der Waals surface area (Å²) < 4.78 is 4.74. The van der Waals surface area contributed by atoms with Gasteiger partial charge in [0.1, 0.15) is 0 Å². The Morgan fingerprint density at radius 3 is 0.884 bits per heavy atom.